The number of aryl methyl sites for hydroxylation is 1. The number of rotatable bonds is 2. The van der Waals surface area contributed by atoms with E-state index in [0.29, 0.717) is 22.4 Å². The van der Waals surface area contributed by atoms with Gasteiger partial charge in [-0.25, -0.2) is 0 Å². The number of phenolic OH excluding ortho intramolecular Hbond substituents is 2. The average molecular weight is 257 g/mol. The lowest BCUT2D eigenvalue weighted by Crippen LogP contribution is -2.11. The summed E-state index contributed by atoms with van der Waals surface area (Å²) in [5.74, 6) is -0.0115. The van der Waals surface area contributed by atoms with E-state index in [9.17, 15) is 15.0 Å². The van der Waals surface area contributed by atoms with Crippen molar-refractivity contribution in [3.8, 4) is 11.5 Å². The number of benzene rings is 1. The van der Waals surface area contributed by atoms with Crippen LogP contribution in [0.5, 0.6) is 11.5 Å². The maximum absolute atomic E-state index is 11.8. The summed E-state index contributed by atoms with van der Waals surface area (Å²) in [4.78, 5) is 14.8. The smallest absolute Gasteiger partial charge is 0.187 e. The molecule has 1 aromatic heterocycles. The summed E-state index contributed by atoms with van der Waals surface area (Å²) in [5.41, 5.74) is 2.68. The second kappa shape index (κ2) is 5.02. The molecule has 4 heteroatoms. The normalized spacial score (nSPS) is 11.1. The van der Waals surface area contributed by atoms with E-state index in [0.717, 1.165) is 0 Å². The minimum absolute atomic E-state index is 0.00577. The van der Waals surface area contributed by atoms with Crippen LogP contribution in [-0.2, 0) is 0 Å². The largest absolute Gasteiger partial charge is 0.508 e. The van der Waals surface area contributed by atoms with Crippen LogP contribution < -0.4 is 5.43 Å². The summed E-state index contributed by atoms with van der Waals surface area (Å²) in [6.45, 7) is 3.51. The summed E-state index contributed by atoms with van der Waals surface area (Å²) in [6, 6.07) is 4.31. The highest BCUT2D eigenvalue weighted by Crippen LogP contribution is 2.21. The van der Waals surface area contributed by atoms with Crippen LogP contribution in [0, 0.1) is 13.8 Å². The first-order chi connectivity index (χ1) is 8.97. The molecule has 0 saturated heterocycles. The van der Waals surface area contributed by atoms with Crippen LogP contribution in [0.25, 0.3) is 12.2 Å². The molecule has 4 nitrogen and oxygen atoms in total. The second-order valence-corrected chi connectivity index (χ2v) is 4.46. The van der Waals surface area contributed by atoms with Gasteiger partial charge in [0.05, 0.1) is 0 Å². The van der Waals surface area contributed by atoms with E-state index in [4.69, 9.17) is 0 Å². The molecule has 0 aliphatic carbocycles. The molecule has 0 unspecified atom stereocenters. The molecule has 98 valence electrons. The molecule has 0 radical (unpaired) electrons. The molecule has 2 rings (SSSR count). The predicted octanol–water partition coefficient (Wildman–Crippen LogP) is 2.57. The average Bonchev–Trinajstić information content (AvgIpc) is 2.34. The number of aromatic nitrogens is 1. The van der Waals surface area contributed by atoms with Gasteiger partial charge in [-0.3, -0.25) is 4.79 Å². The van der Waals surface area contributed by atoms with Crippen LogP contribution in [-0.4, -0.2) is 15.2 Å². The van der Waals surface area contributed by atoms with Crippen molar-refractivity contribution in [3.63, 3.8) is 0 Å². The van der Waals surface area contributed by atoms with Gasteiger partial charge in [0.15, 0.2) is 5.43 Å². The molecule has 0 saturated carbocycles. The van der Waals surface area contributed by atoms with Crippen molar-refractivity contribution < 1.29 is 10.2 Å². The third-order valence-electron chi connectivity index (χ3n) is 2.91. The molecule has 0 atom stereocenters. The number of hydrogen-bond donors (Lipinski definition) is 3. The van der Waals surface area contributed by atoms with Crippen molar-refractivity contribution in [3.05, 3.63) is 57.0 Å². The third kappa shape index (κ3) is 2.85. The lowest BCUT2D eigenvalue weighted by Gasteiger charge is -2.02. The standard InChI is InChI=1S/C15H15NO3/c1-9-8-16-14(10(2)15(9)19)4-3-11-5-12(17)7-13(18)6-11/h3-8,17-18H,1-2H3,(H,16,19)/b4-3+. The molecule has 0 spiro atoms. The Hall–Kier alpha value is -2.49. The van der Waals surface area contributed by atoms with Crippen LogP contribution in [0.1, 0.15) is 22.4 Å². The topological polar surface area (TPSA) is 73.3 Å². The number of H-pyrrole nitrogens is 1. The summed E-state index contributed by atoms with van der Waals surface area (Å²) in [7, 11) is 0. The monoisotopic (exact) mass is 257 g/mol. The van der Waals surface area contributed by atoms with Crippen LogP contribution in [0.2, 0.25) is 0 Å². The van der Waals surface area contributed by atoms with Gasteiger partial charge >= 0.3 is 0 Å². The van der Waals surface area contributed by atoms with Crippen molar-refractivity contribution in [1.82, 2.24) is 4.98 Å². The van der Waals surface area contributed by atoms with Gasteiger partial charge < -0.3 is 15.2 Å². The molecule has 1 aromatic carbocycles. The van der Waals surface area contributed by atoms with Crippen LogP contribution >= 0.6 is 0 Å². The van der Waals surface area contributed by atoms with Gasteiger partial charge in [-0.2, -0.15) is 0 Å². The van der Waals surface area contributed by atoms with Crippen molar-refractivity contribution >= 4 is 12.2 Å². The molecule has 3 N–H and O–H groups in total. The fourth-order valence-electron chi connectivity index (χ4n) is 1.84. The lowest BCUT2D eigenvalue weighted by molar-refractivity contribution is 0.450. The van der Waals surface area contributed by atoms with Gasteiger partial charge in [-0.15, -0.1) is 0 Å². The third-order valence-corrected chi connectivity index (χ3v) is 2.91. The van der Waals surface area contributed by atoms with Crippen molar-refractivity contribution in [2.45, 2.75) is 13.8 Å². The number of aromatic amines is 1. The Morgan fingerprint density at radius 2 is 1.68 bits per heavy atom. The lowest BCUT2D eigenvalue weighted by atomic mass is 10.1. The van der Waals surface area contributed by atoms with E-state index in [-0.39, 0.29) is 16.9 Å². The van der Waals surface area contributed by atoms with Gasteiger partial charge in [0, 0.05) is 29.1 Å². The van der Waals surface area contributed by atoms with Gasteiger partial charge in [0.1, 0.15) is 11.5 Å². The molecule has 0 fully saturated rings. The first kappa shape index (κ1) is 13.0. The quantitative estimate of drug-likeness (QED) is 0.774. The van der Waals surface area contributed by atoms with Crippen LogP contribution in [0.3, 0.4) is 0 Å². The number of hydrogen-bond acceptors (Lipinski definition) is 3. The molecule has 19 heavy (non-hydrogen) atoms. The molecule has 1 heterocycles. The van der Waals surface area contributed by atoms with Crippen molar-refractivity contribution in [1.29, 1.82) is 0 Å². The van der Waals surface area contributed by atoms with E-state index < -0.39 is 0 Å². The number of phenols is 2. The first-order valence-electron chi connectivity index (χ1n) is 5.87. The molecule has 0 aliphatic rings. The summed E-state index contributed by atoms with van der Waals surface area (Å²) in [5, 5.41) is 18.7. The molecular weight excluding hydrogens is 242 g/mol. The Bertz CT molecular complexity index is 679. The number of aromatic hydroxyl groups is 2. The Morgan fingerprint density at radius 3 is 2.32 bits per heavy atom. The van der Waals surface area contributed by atoms with Crippen LogP contribution in [0.4, 0.5) is 0 Å². The minimum Gasteiger partial charge on any atom is -0.508 e. The fourth-order valence-corrected chi connectivity index (χ4v) is 1.84. The SMILES string of the molecule is Cc1c[nH]c(/C=C/c2cc(O)cc(O)c2)c(C)c1=O. The van der Waals surface area contributed by atoms with E-state index >= 15 is 0 Å². The van der Waals surface area contributed by atoms with Gasteiger partial charge in [-0.1, -0.05) is 6.08 Å². The Kier molecular flexibility index (Phi) is 3.42. The zero-order valence-electron chi connectivity index (χ0n) is 10.8. The predicted molar refractivity (Wildman–Crippen MR) is 75.2 cm³/mol. The molecule has 0 aliphatic heterocycles. The maximum atomic E-state index is 11.8. The molecule has 0 amide bonds. The molecular formula is C15H15NO3. The number of nitrogens with one attached hydrogen (secondary N) is 1. The molecule has 0 bridgehead atoms. The highest BCUT2D eigenvalue weighted by atomic mass is 16.3. The summed E-state index contributed by atoms with van der Waals surface area (Å²) >= 11 is 0. The highest BCUT2D eigenvalue weighted by molar-refractivity contribution is 5.70. The van der Waals surface area contributed by atoms with Gasteiger partial charge in [0.25, 0.3) is 0 Å². The van der Waals surface area contributed by atoms with E-state index in [2.05, 4.69) is 4.98 Å². The first-order valence-corrected chi connectivity index (χ1v) is 5.87. The minimum atomic E-state index is -0.00577. The van der Waals surface area contributed by atoms with Gasteiger partial charge in [0.2, 0.25) is 0 Å². The Balaban J connectivity index is 2.38. The van der Waals surface area contributed by atoms with E-state index in [1.807, 2.05) is 0 Å². The van der Waals surface area contributed by atoms with E-state index in [1.54, 1.807) is 32.2 Å². The zero-order valence-corrected chi connectivity index (χ0v) is 10.8. The second-order valence-electron chi connectivity index (χ2n) is 4.46. The maximum Gasteiger partial charge on any atom is 0.187 e. The Labute approximate surface area is 110 Å². The molecule has 2 aromatic rings. The highest BCUT2D eigenvalue weighted by Gasteiger charge is 2.02. The zero-order chi connectivity index (χ0) is 14.0. The van der Waals surface area contributed by atoms with Gasteiger partial charge in [-0.05, 0) is 37.6 Å². The van der Waals surface area contributed by atoms with E-state index in [1.165, 1.54) is 18.2 Å². The van der Waals surface area contributed by atoms with Crippen molar-refractivity contribution in [2.75, 3.05) is 0 Å². The Morgan fingerprint density at radius 1 is 1.05 bits per heavy atom. The van der Waals surface area contributed by atoms with Crippen molar-refractivity contribution in [2.24, 2.45) is 0 Å². The fraction of sp³-hybridized carbons (Fsp3) is 0.133. The summed E-state index contributed by atoms with van der Waals surface area (Å²) in [6.07, 6.45) is 5.12. The summed E-state index contributed by atoms with van der Waals surface area (Å²) < 4.78 is 0. The van der Waals surface area contributed by atoms with Crippen LogP contribution in [0.15, 0.2) is 29.2 Å². The number of pyridine rings is 1.